The summed E-state index contributed by atoms with van der Waals surface area (Å²) in [5, 5.41) is 0. The largest absolute Gasteiger partial charge is 0.377 e. The summed E-state index contributed by atoms with van der Waals surface area (Å²) in [7, 11) is 1.58. The summed E-state index contributed by atoms with van der Waals surface area (Å²) in [4.78, 5) is 50.3. The van der Waals surface area contributed by atoms with Gasteiger partial charge in [-0.3, -0.25) is 19.2 Å². The van der Waals surface area contributed by atoms with Crippen molar-refractivity contribution in [3.8, 4) is 0 Å². The van der Waals surface area contributed by atoms with Gasteiger partial charge < -0.3 is 4.74 Å². The molecule has 0 bridgehead atoms. The molecule has 0 N–H and O–H groups in total. The average molecular weight is 398 g/mol. The van der Waals surface area contributed by atoms with E-state index in [-0.39, 0.29) is 53.4 Å². The van der Waals surface area contributed by atoms with Gasteiger partial charge in [0.15, 0.2) is 11.6 Å². The molecule has 5 rings (SSSR count). The molecule has 0 saturated heterocycles. The maximum absolute atomic E-state index is 12.7. The molecule has 0 aromatic carbocycles. The predicted molar refractivity (Wildman–Crippen MR) is 105 cm³/mol. The molecule has 0 aliphatic heterocycles. The number of ether oxygens (including phenoxy) is 1. The first-order valence-corrected chi connectivity index (χ1v) is 11.1. The number of methoxy groups -OCH3 is 1. The maximum atomic E-state index is 12.7. The Morgan fingerprint density at radius 3 is 2.45 bits per heavy atom. The number of carbonyl (C=O) groups excluding carboxylic acids is 4. The molecule has 0 aromatic heterocycles. The summed E-state index contributed by atoms with van der Waals surface area (Å²) < 4.78 is 5.14. The molecule has 5 heteroatoms. The maximum Gasteiger partial charge on any atom is 0.214 e. The summed E-state index contributed by atoms with van der Waals surface area (Å²) in [5.74, 6) is 0.615. The van der Waals surface area contributed by atoms with Crippen molar-refractivity contribution >= 4 is 23.1 Å². The Kier molecular flexibility index (Phi) is 3.98. The molecule has 5 aliphatic carbocycles. The number of ketones is 4. The highest BCUT2D eigenvalue weighted by Crippen LogP contribution is 2.73. The zero-order valence-corrected chi connectivity index (χ0v) is 17.6. The molecule has 4 fully saturated rings. The number of Topliss-reactive ketones (excluding diaryl/α,β-unsaturated/α-hetero) is 3. The predicted octanol–water partition coefficient (Wildman–Crippen LogP) is 3.10. The monoisotopic (exact) mass is 398 g/mol. The minimum Gasteiger partial charge on any atom is -0.377 e. The van der Waals surface area contributed by atoms with Crippen LogP contribution in [0.5, 0.6) is 0 Å². The summed E-state index contributed by atoms with van der Waals surface area (Å²) in [6, 6.07) is 0. The Labute approximate surface area is 171 Å². The van der Waals surface area contributed by atoms with Crippen LogP contribution in [0.1, 0.15) is 58.8 Å². The molecule has 0 amide bonds. The van der Waals surface area contributed by atoms with Crippen molar-refractivity contribution in [1.29, 1.82) is 0 Å². The minimum absolute atomic E-state index is 0.0242. The van der Waals surface area contributed by atoms with Crippen molar-refractivity contribution in [2.45, 2.75) is 58.8 Å². The average Bonchev–Trinajstić information content (AvgIpc) is 3.01. The molecule has 156 valence electrons. The van der Waals surface area contributed by atoms with Crippen LogP contribution in [0.4, 0.5) is 0 Å². The van der Waals surface area contributed by atoms with E-state index in [0.29, 0.717) is 11.8 Å². The number of fused-ring (bicyclic) bond motifs is 6. The van der Waals surface area contributed by atoms with Gasteiger partial charge in [0.25, 0.3) is 0 Å². The fourth-order valence-electron chi connectivity index (χ4n) is 8.40. The van der Waals surface area contributed by atoms with Gasteiger partial charge >= 0.3 is 0 Å². The lowest BCUT2D eigenvalue weighted by Gasteiger charge is -2.59. The minimum atomic E-state index is -1.09. The lowest BCUT2D eigenvalue weighted by molar-refractivity contribution is -0.138. The molecule has 0 aromatic rings. The zero-order chi connectivity index (χ0) is 20.8. The first-order chi connectivity index (χ1) is 13.7. The van der Waals surface area contributed by atoms with E-state index in [9.17, 15) is 19.2 Å². The lowest BCUT2D eigenvalue weighted by atomic mass is 9.43. The molecule has 4 saturated carbocycles. The summed E-state index contributed by atoms with van der Waals surface area (Å²) >= 11 is 0. The van der Waals surface area contributed by atoms with Crippen molar-refractivity contribution in [2.24, 2.45) is 39.9 Å². The van der Waals surface area contributed by atoms with Crippen LogP contribution in [0, 0.1) is 39.9 Å². The summed E-state index contributed by atoms with van der Waals surface area (Å²) in [5.41, 5.74) is -0.602. The third-order valence-corrected chi connectivity index (χ3v) is 9.85. The molecule has 0 unspecified atom stereocenters. The topological polar surface area (TPSA) is 77.5 Å². The Hall–Kier alpha value is -1.62. The van der Waals surface area contributed by atoms with Crippen molar-refractivity contribution in [3.63, 3.8) is 0 Å². The Bertz CT molecular complexity index is 854. The molecular formula is C24H30O5. The second-order valence-corrected chi connectivity index (χ2v) is 10.6. The van der Waals surface area contributed by atoms with Crippen LogP contribution in [-0.2, 0) is 23.9 Å². The number of carbonyl (C=O) groups is 4. The third-order valence-electron chi connectivity index (χ3n) is 9.85. The zero-order valence-electron chi connectivity index (χ0n) is 17.6. The molecule has 5 aliphatic rings. The second-order valence-electron chi connectivity index (χ2n) is 10.6. The van der Waals surface area contributed by atoms with E-state index in [4.69, 9.17) is 4.74 Å². The first kappa shape index (κ1) is 19.3. The first-order valence-electron chi connectivity index (χ1n) is 11.1. The van der Waals surface area contributed by atoms with E-state index in [1.54, 1.807) is 13.2 Å². The SMILES string of the molecule is COCC(=O)[C@H]1CC[C@H]2[C@@H]3CCC4=CC(=O)CC5(C(=O)C5=O)[C@]4(C)[C@H]3CC[C@]12C. The second kappa shape index (κ2) is 5.96. The number of rotatable bonds is 3. The van der Waals surface area contributed by atoms with Crippen LogP contribution in [0.2, 0.25) is 0 Å². The van der Waals surface area contributed by atoms with Gasteiger partial charge in [0.1, 0.15) is 12.0 Å². The van der Waals surface area contributed by atoms with Crippen molar-refractivity contribution in [3.05, 3.63) is 11.6 Å². The Morgan fingerprint density at radius 1 is 1.07 bits per heavy atom. The fraction of sp³-hybridized carbons (Fsp3) is 0.750. The van der Waals surface area contributed by atoms with Crippen molar-refractivity contribution < 1.29 is 23.9 Å². The summed E-state index contributed by atoms with van der Waals surface area (Å²) in [6.07, 6.45) is 7.37. The van der Waals surface area contributed by atoms with Crippen LogP contribution >= 0.6 is 0 Å². The van der Waals surface area contributed by atoms with E-state index < -0.39 is 10.8 Å². The molecule has 5 nitrogen and oxygen atoms in total. The van der Waals surface area contributed by atoms with Crippen LogP contribution in [-0.4, -0.2) is 36.8 Å². The van der Waals surface area contributed by atoms with E-state index in [0.717, 1.165) is 44.1 Å². The normalized spacial score (nSPS) is 44.8. The van der Waals surface area contributed by atoms with Crippen LogP contribution in [0.25, 0.3) is 0 Å². The number of hydrogen-bond donors (Lipinski definition) is 0. The molecule has 1 spiro atoms. The molecular weight excluding hydrogens is 368 g/mol. The van der Waals surface area contributed by atoms with Crippen LogP contribution in [0.15, 0.2) is 11.6 Å². The quantitative estimate of drug-likeness (QED) is 0.539. The molecule has 0 radical (unpaired) electrons. The van der Waals surface area contributed by atoms with Gasteiger partial charge in [-0.25, -0.2) is 0 Å². The van der Waals surface area contributed by atoms with E-state index in [1.165, 1.54) is 0 Å². The van der Waals surface area contributed by atoms with Crippen LogP contribution in [0.3, 0.4) is 0 Å². The van der Waals surface area contributed by atoms with Gasteiger partial charge in [-0.05, 0) is 67.8 Å². The van der Waals surface area contributed by atoms with E-state index in [1.807, 2.05) is 0 Å². The third kappa shape index (κ3) is 2.15. The van der Waals surface area contributed by atoms with Gasteiger partial charge in [-0.15, -0.1) is 0 Å². The highest BCUT2D eigenvalue weighted by atomic mass is 16.5. The highest BCUT2D eigenvalue weighted by Gasteiger charge is 2.79. The lowest BCUT2D eigenvalue weighted by Crippen LogP contribution is -2.55. The molecule has 6 atom stereocenters. The number of allylic oxidation sites excluding steroid dienone is 1. The smallest absolute Gasteiger partial charge is 0.214 e. The van der Waals surface area contributed by atoms with Gasteiger partial charge in [0, 0.05) is 24.9 Å². The summed E-state index contributed by atoms with van der Waals surface area (Å²) in [6.45, 7) is 4.55. The Balaban J connectivity index is 1.52. The van der Waals surface area contributed by atoms with Gasteiger partial charge in [-0.1, -0.05) is 19.4 Å². The fourth-order valence-corrected chi connectivity index (χ4v) is 8.40. The van der Waals surface area contributed by atoms with E-state index >= 15 is 0 Å². The van der Waals surface area contributed by atoms with Gasteiger partial charge in [-0.2, -0.15) is 0 Å². The standard InChI is InChI=1S/C24H30O5/c1-22-9-8-17-15(16(22)6-7-18(22)19(26)12-29-3)5-4-13-10-14(25)11-24(23(13,17)2)20(27)21(24)28/h10,15-18H,4-9,11-12H2,1-3H3/t15-,16-,17-,18+,22-,23-/m0/s1. The number of hydrogen-bond acceptors (Lipinski definition) is 5. The van der Waals surface area contributed by atoms with Gasteiger partial charge in [0.05, 0.1) is 0 Å². The van der Waals surface area contributed by atoms with Crippen molar-refractivity contribution in [2.75, 3.05) is 13.7 Å². The Morgan fingerprint density at radius 2 is 1.79 bits per heavy atom. The van der Waals surface area contributed by atoms with E-state index in [2.05, 4.69) is 13.8 Å². The van der Waals surface area contributed by atoms with Crippen LogP contribution < -0.4 is 0 Å². The highest BCUT2D eigenvalue weighted by molar-refractivity contribution is 6.64. The van der Waals surface area contributed by atoms with Crippen molar-refractivity contribution in [1.82, 2.24) is 0 Å². The molecule has 0 heterocycles. The molecule has 29 heavy (non-hydrogen) atoms. The van der Waals surface area contributed by atoms with Gasteiger partial charge in [0.2, 0.25) is 11.6 Å².